The average Bonchev–Trinajstić information content (AvgIpc) is 3.44. The van der Waals surface area contributed by atoms with Gasteiger partial charge in [-0.15, -0.1) is 10.2 Å². The summed E-state index contributed by atoms with van der Waals surface area (Å²) in [6.07, 6.45) is 2.91. The van der Waals surface area contributed by atoms with Crippen LogP contribution >= 0.6 is 0 Å². The summed E-state index contributed by atoms with van der Waals surface area (Å²) >= 11 is 0. The fourth-order valence-corrected chi connectivity index (χ4v) is 3.45. The van der Waals surface area contributed by atoms with Gasteiger partial charge in [-0.05, 0) is 18.1 Å². The monoisotopic (exact) mass is 419 g/mol. The van der Waals surface area contributed by atoms with Crippen LogP contribution in [0.5, 0.6) is 0 Å². The molecule has 8 nitrogen and oxygen atoms in total. The van der Waals surface area contributed by atoms with Gasteiger partial charge in [-0.25, -0.2) is 0 Å². The molecule has 1 atom stereocenters. The number of methoxy groups -OCH3 is 1. The predicted molar refractivity (Wildman–Crippen MR) is 115 cm³/mol. The molecule has 8 heteroatoms. The summed E-state index contributed by atoms with van der Waals surface area (Å²) < 4.78 is 13.2. The highest BCUT2D eigenvalue weighted by molar-refractivity contribution is 5.78. The molecule has 0 aliphatic rings. The van der Waals surface area contributed by atoms with Crippen LogP contribution in [-0.2, 0) is 22.5 Å². The third kappa shape index (κ3) is 5.16. The summed E-state index contributed by atoms with van der Waals surface area (Å²) in [4.78, 5) is 12.2. The van der Waals surface area contributed by atoms with E-state index >= 15 is 0 Å². The van der Waals surface area contributed by atoms with Crippen LogP contribution in [0.3, 0.4) is 0 Å². The van der Waals surface area contributed by atoms with E-state index in [1.807, 2.05) is 65.5 Å². The molecule has 31 heavy (non-hydrogen) atoms. The van der Waals surface area contributed by atoms with Crippen LogP contribution < -0.4 is 5.32 Å². The lowest BCUT2D eigenvalue weighted by atomic mass is 10.1. The fraction of sp³-hybridized carbons (Fsp3) is 0.304. The highest BCUT2D eigenvalue weighted by Crippen LogP contribution is 2.24. The van der Waals surface area contributed by atoms with E-state index in [4.69, 9.17) is 9.15 Å². The molecular formula is C23H25N5O3. The number of rotatable bonds is 10. The minimum absolute atomic E-state index is 0.0450. The zero-order valence-electron chi connectivity index (χ0n) is 17.4. The molecule has 1 amide bonds. The lowest BCUT2D eigenvalue weighted by Gasteiger charge is -2.10. The highest BCUT2D eigenvalue weighted by Gasteiger charge is 2.20. The summed E-state index contributed by atoms with van der Waals surface area (Å²) in [5.74, 6) is 0.762. The molecule has 2 heterocycles. The number of benzene rings is 2. The number of hydrogen-bond acceptors (Lipinski definition) is 6. The number of nitrogens with one attached hydrogen (secondary N) is 1. The van der Waals surface area contributed by atoms with Gasteiger partial charge in [-0.3, -0.25) is 9.48 Å². The Morgan fingerprint density at radius 1 is 1.13 bits per heavy atom. The molecule has 2 aromatic carbocycles. The molecular weight excluding hydrogens is 394 g/mol. The second-order valence-electron chi connectivity index (χ2n) is 7.19. The van der Waals surface area contributed by atoms with E-state index in [1.54, 1.807) is 7.11 Å². The third-order valence-corrected chi connectivity index (χ3v) is 5.03. The van der Waals surface area contributed by atoms with Crippen LogP contribution in [-0.4, -0.2) is 39.5 Å². The first kappa shape index (κ1) is 20.7. The Labute approximate surface area is 180 Å². The van der Waals surface area contributed by atoms with E-state index in [-0.39, 0.29) is 12.3 Å². The van der Waals surface area contributed by atoms with Crippen molar-refractivity contribution in [2.75, 3.05) is 13.7 Å². The number of carbonyl (C=O) groups is 1. The maximum absolute atomic E-state index is 12.2. The lowest BCUT2D eigenvalue weighted by Crippen LogP contribution is -2.25. The highest BCUT2D eigenvalue weighted by atomic mass is 16.5. The van der Waals surface area contributed by atoms with Crippen LogP contribution in [0, 0.1) is 0 Å². The zero-order valence-corrected chi connectivity index (χ0v) is 17.4. The van der Waals surface area contributed by atoms with Gasteiger partial charge in [0.15, 0.2) is 6.10 Å². The molecule has 0 fully saturated rings. The van der Waals surface area contributed by atoms with E-state index in [9.17, 15) is 4.79 Å². The van der Waals surface area contributed by atoms with Gasteiger partial charge in [0.05, 0.1) is 11.7 Å². The Hall–Kier alpha value is -3.52. The Balaban J connectivity index is 1.21. The lowest BCUT2D eigenvalue weighted by molar-refractivity contribution is -0.121. The van der Waals surface area contributed by atoms with Crippen LogP contribution in [0.2, 0.25) is 0 Å². The van der Waals surface area contributed by atoms with Crippen molar-refractivity contribution in [3.63, 3.8) is 0 Å². The topological polar surface area (TPSA) is 95.1 Å². The molecule has 4 aromatic rings. The SMILES string of the molecule is CO[C@H](c1ccccc1)c1nnc(CCC(=O)NCCCn2ncc3ccccc32)o1. The van der Waals surface area contributed by atoms with E-state index < -0.39 is 6.10 Å². The number of aryl methyl sites for hydroxylation is 2. The minimum Gasteiger partial charge on any atom is -0.422 e. The molecule has 160 valence electrons. The number of ether oxygens (including phenoxy) is 1. The molecule has 0 aliphatic heterocycles. The predicted octanol–water partition coefficient (Wildman–Crippen LogP) is 3.29. The van der Waals surface area contributed by atoms with E-state index in [2.05, 4.69) is 20.6 Å². The summed E-state index contributed by atoms with van der Waals surface area (Å²) in [7, 11) is 1.60. The minimum atomic E-state index is -0.422. The number of fused-ring (bicyclic) bond motifs is 1. The van der Waals surface area contributed by atoms with Gasteiger partial charge in [0.25, 0.3) is 0 Å². The van der Waals surface area contributed by atoms with Crippen molar-refractivity contribution in [3.05, 3.63) is 78.1 Å². The van der Waals surface area contributed by atoms with Crippen LogP contribution in [0.15, 0.2) is 65.2 Å². The van der Waals surface area contributed by atoms with Gasteiger partial charge in [0.1, 0.15) is 0 Å². The van der Waals surface area contributed by atoms with Crippen LogP contribution in [0.1, 0.15) is 36.3 Å². The normalized spacial score (nSPS) is 12.2. The number of aromatic nitrogens is 4. The first-order valence-corrected chi connectivity index (χ1v) is 10.3. The van der Waals surface area contributed by atoms with Gasteiger partial charge < -0.3 is 14.5 Å². The molecule has 0 saturated heterocycles. The van der Waals surface area contributed by atoms with Crippen molar-refractivity contribution in [1.82, 2.24) is 25.3 Å². The van der Waals surface area contributed by atoms with Crippen molar-refractivity contribution in [1.29, 1.82) is 0 Å². The van der Waals surface area contributed by atoms with E-state index in [1.165, 1.54) is 0 Å². The van der Waals surface area contributed by atoms with Crippen molar-refractivity contribution in [2.24, 2.45) is 0 Å². The van der Waals surface area contributed by atoms with Crippen molar-refractivity contribution < 1.29 is 13.9 Å². The number of carbonyl (C=O) groups excluding carboxylic acids is 1. The fourth-order valence-electron chi connectivity index (χ4n) is 3.45. The summed E-state index contributed by atoms with van der Waals surface area (Å²) in [6, 6.07) is 17.8. The Bertz CT molecular complexity index is 1120. The van der Waals surface area contributed by atoms with E-state index in [0.29, 0.717) is 24.7 Å². The first-order valence-electron chi connectivity index (χ1n) is 10.3. The molecule has 0 aliphatic carbocycles. The maximum Gasteiger partial charge on any atom is 0.249 e. The quantitative estimate of drug-likeness (QED) is 0.396. The number of nitrogens with zero attached hydrogens (tertiary/aromatic N) is 4. The molecule has 0 spiro atoms. The van der Waals surface area contributed by atoms with Gasteiger partial charge >= 0.3 is 0 Å². The maximum atomic E-state index is 12.2. The van der Waals surface area contributed by atoms with Crippen LogP contribution in [0.25, 0.3) is 10.9 Å². The molecule has 0 unspecified atom stereocenters. The van der Waals surface area contributed by atoms with Gasteiger partial charge in [0, 0.05) is 38.4 Å². The molecule has 2 aromatic heterocycles. The van der Waals surface area contributed by atoms with Crippen molar-refractivity contribution >= 4 is 16.8 Å². The standard InChI is InChI=1S/C23H25N5O3/c1-30-22(17-8-3-2-4-9-17)23-27-26-21(31-23)13-12-20(29)24-14-7-15-28-19-11-6-5-10-18(19)16-25-28/h2-6,8-11,16,22H,7,12-15H2,1H3,(H,24,29)/t22-/m1/s1. The number of amides is 1. The Morgan fingerprint density at radius 3 is 2.77 bits per heavy atom. The van der Waals surface area contributed by atoms with Gasteiger partial charge in [-0.2, -0.15) is 5.10 Å². The Kier molecular flexibility index (Phi) is 6.68. The van der Waals surface area contributed by atoms with E-state index in [0.717, 1.165) is 29.4 Å². The smallest absolute Gasteiger partial charge is 0.249 e. The second-order valence-corrected chi connectivity index (χ2v) is 7.19. The number of para-hydroxylation sites is 1. The van der Waals surface area contributed by atoms with Gasteiger partial charge in [-0.1, -0.05) is 48.5 Å². The summed E-state index contributed by atoms with van der Waals surface area (Å²) in [6.45, 7) is 1.33. The van der Waals surface area contributed by atoms with Crippen LogP contribution in [0.4, 0.5) is 0 Å². The van der Waals surface area contributed by atoms with Crippen molar-refractivity contribution in [3.8, 4) is 0 Å². The molecule has 0 radical (unpaired) electrons. The zero-order chi connectivity index (χ0) is 21.5. The first-order chi connectivity index (χ1) is 15.2. The summed E-state index contributed by atoms with van der Waals surface area (Å²) in [5, 5.41) is 16.6. The molecule has 1 N–H and O–H groups in total. The molecule has 0 saturated carbocycles. The average molecular weight is 419 g/mol. The van der Waals surface area contributed by atoms with Crippen molar-refractivity contribution in [2.45, 2.75) is 31.9 Å². The second kappa shape index (κ2) is 9.99. The third-order valence-electron chi connectivity index (χ3n) is 5.03. The molecule has 4 rings (SSSR count). The largest absolute Gasteiger partial charge is 0.422 e. The Morgan fingerprint density at radius 2 is 1.94 bits per heavy atom. The molecule has 0 bridgehead atoms. The van der Waals surface area contributed by atoms with Gasteiger partial charge in [0.2, 0.25) is 17.7 Å². The number of hydrogen-bond donors (Lipinski definition) is 1. The summed E-state index contributed by atoms with van der Waals surface area (Å²) in [5.41, 5.74) is 2.04.